The molecule has 0 bridgehead atoms. The Labute approximate surface area is 126 Å². The van der Waals surface area contributed by atoms with Crippen molar-refractivity contribution in [1.82, 2.24) is 9.78 Å². The molecule has 3 rings (SSSR count). The minimum Gasteiger partial charge on any atom is -0.388 e. The number of hydrogen-bond donors (Lipinski definition) is 1. The van der Waals surface area contributed by atoms with Crippen LogP contribution in [0, 0.1) is 0 Å². The van der Waals surface area contributed by atoms with Gasteiger partial charge in [-0.25, -0.2) is 0 Å². The Hall–Kier alpha value is -1.81. The van der Waals surface area contributed by atoms with Crippen LogP contribution in [0.25, 0.3) is 0 Å². The average molecular weight is 285 g/mol. The van der Waals surface area contributed by atoms with Gasteiger partial charge in [-0.1, -0.05) is 12.1 Å². The van der Waals surface area contributed by atoms with Gasteiger partial charge in [0.25, 0.3) is 0 Å². The normalized spacial score (nSPS) is 15.9. The van der Waals surface area contributed by atoms with E-state index in [0.29, 0.717) is 0 Å². The van der Waals surface area contributed by atoms with E-state index >= 15 is 0 Å². The molecule has 2 aromatic rings. The maximum atomic E-state index is 10.4. The molecule has 112 valence electrons. The van der Waals surface area contributed by atoms with Crippen molar-refractivity contribution in [2.45, 2.75) is 31.8 Å². The fourth-order valence-electron chi connectivity index (χ4n) is 3.08. The fourth-order valence-corrected chi connectivity index (χ4v) is 3.08. The van der Waals surface area contributed by atoms with Crippen molar-refractivity contribution in [1.29, 1.82) is 0 Å². The van der Waals surface area contributed by atoms with Gasteiger partial charge in [-0.2, -0.15) is 5.10 Å². The lowest BCUT2D eigenvalue weighted by molar-refractivity contribution is 0.167. The van der Waals surface area contributed by atoms with Crippen molar-refractivity contribution in [3.63, 3.8) is 0 Å². The summed E-state index contributed by atoms with van der Waals surface area (Å²) in [6.45, 7) is 1.12. The molecular weight excluding hydrogens is 262 g/mol. The number of aromatic nitrogens is 2. The van der Waals surface area contributed by atoms with Gasteiger partial charge in [0.2, 0.25) is 0 Å². The van der Waals surface area contributed by atoms with Gasteiger partial charge in [-0.3, -0.25) is 4.68 Å². The van der Waals surface area contributed by atoms with Crippen LogP contribution in [0.4, 0.5) is 5.69 Å². The SMILES string of the molecule is CN1CCCc2cc(C(O)CCc3cnn(C)c3)ccc21. The van der Waals surface area contributed by atoms with Gasteiger partial charge in [-0.15, -0.1) is 0 Å². The zero-order chi connectivity index (χ0) is 14.8. The van der Waals surface area contributed by atoms with Crippen molar-refractivity contribution in [3.05, 3.63) is 47.3 Å². The van der Waals surface area contributed by atoms with E-state index in [-0.39, 0.29) is 0 Å². The Morgan fingerprint density at radius 2 is 2.19 bits per heavy atom. The van der Waals surface area contributed by atoms with Crippen LogP contribution in [0.5, 0.6) is 0 Å². The molecule has 0 spiro atoms. The largest absolute Gasteiger partial charge is 0.388 e. The summed E-state index contributed by atoms with van der Waals surface area (Å²) < 4.78 is 1.80. The van der Waals surface area contributed by atoms with Gasteiger partial charge in [0.15, 0.2) is 0 Å². The zero-order valence-electron chi connectivity index (χ0n) is 12.8. The van der Waals surface area contributed by atoms with E-state index in [1.165, 1.54) is 23.2 Å². The van der Waals surface area contributed by atoms with Gasteiger partial charge in [-0.05, 0) is 48.4 Å². The number of hydrogen-bond acceptors (Lipinski definition) is 3. The number of aliphatic hydroxyl groups is 1. The van der Waals surface area contributed by atoms with E-state index in [1.807, 2.05) is 19.4 Å². The van der Waals surface area contributed by atoms with Gasteiger partial charge in [0.05, 0.1) is 12.3 Å². The summed E-state index contributed by atoms with van der Waals surface area (Å²) in [5.41, 5.74) is 4.88. The van der Waals surface area contributed by atoms with Crippen molar-refractivity contribution in [3.8, 4) is 0 Å². The molecule has 1 N–H and O–H groups in total. The summed E-state index contributed by atoms with van der Waals surface area (Å²) in [6.07, 6.45) is 7.37. The fraction of sp³-hybridized carbons (Fsp3) is 0.471. The van der Waals surface area contributed by atoms with E-state index < -0.39 is 6.10 Å². The molecule has 1 atom stereocenters. The van der Waals surface area contributed by atoms with Crippen LogP contribution in [0.2, 0.25) is 0 Å². The molecule has 21 heavy (non-hydrogen) atoms. The van der Waals surface area contributed by atoms with Crippen LogP contribution in [0.3, 0.4) is 0 Å². The number of rotatable bonds is 4. The van der Waals surface area contributed by atoms with Gasteiger partial charge >= 0.3 is 0 Å². The van der Waals surface area contributed by atoms with Crippen molar-refractivity contribution >= 4 is 5.69 Å². The highest BCUT2D eigenvalue weighted by molar-refractivity contribution is 5.56. The first-order valence-electron chi connectivity index (χ1n) is 7.63. The Kier molecular flexibility index (Phi) is 3.97. The molecule has 2 heterocycles. The lowest BCUT2D eigenvalue weighted by atomic mass is 9.95. The molecule has 0 saturated heterocycles. The highest BCUT2D eigenvalue weighted by Crippen LogP contribution is 2.30. The van der Waals surface area contributed by atoms with Crippen LogP contribution in [-0.4, -0.2) is 28.5 Å². The summed E-state index contributed by atoms with van der Waals surface area (Å²) in [4.78, 5) is 2.30. The van der Waals surface area contributed by atoms with E-state index in [9.17, 15) is 5.11 Å². The second-order valence-electron chi connectivity index (χ2n) is 5.99. The lowest BCUT2D eigenvalue weighted by Gasteiger charge is -2.28. The third kappa shape index (κ3) is 3.10. The van der Waals surface area contributed by atoms with E-state index in [1.54, 1.807) is 4.68 Å². The zero-order valence-corrected chi connectivity index (χ0v) is 12.8. The molecule has 4 nitrogen and oxygen atoms in total. The average Bonchev–Trinajstić information content (AvgIpc) is 2.90. The molecule has 0 amide bonds. The summed E-state index contributed by atoms with van der Waals surface area (Å²) in [5.74, 6) is 0. The molecule has 1 unspecified atom stereocenters. The molecule has 4 heteroatoms. The standard InChI is InChI=1S/C17H23N3O/c1-19-9-3-4-14-10-15(6-7-16(14)19)17(21)8-5-13-11-18-20(2)12-13/h6-7,10-12,17,21H,3-5,8-9H2,1-2H3. The van der Waals surface area contributed by atoms with Gasteiger partial charge in [0, 0.05) is 32.5 Å². The predicted molar refractivity (Wildman–Crippen MR) is 84.5 cm³/mol. The minimum atomic E-state index is -0.400. The molecule has 1 aromatic heterocycles. The van der Waals surface area contributed by atoms with Crippen LogP contribution in [0.1, 0.15) is 35.6 Å². The number of benzene rings is 1. The second kappa shape index (κ2) is 5.90. The highest BCUT2D eigenvalue weighted by Gasteiger charge is 2.16. The Morgan fingerprint density at radius 3 is 2.95 bits per heavy atom. The van der Waals surface area contributed by atoms with E-state index in [0.717, 1.165) is 31.4 Å². The summed E-state index contributed by atoms with van der Waals surface area (Å²) in [5, 5.41) is 14.6. The Morgan fingerprint density at radius 1 is 1.33 bits per heavy atom. The quantitative estimate of drug-likeness (QED) is 0.938. The van der Waals surface area contributed by atoms with Gasteiger partial charge in [0.1, 0.15) is 0 Å². The molecule has 1 aliphatic heterocycles. The number of fused-ring (bicyclic) bond motifs is 1. The second-order valence-corrected chi connectivity index (χ2v) is 5.99. The first kappa shape index (κ1) is 14.1. The van der Waals surface area contributed by atoms with Gasteiger partial charge < -0.3 is 10.0 Å². The number of nitrogens with zero attached hydrogens (tertiary/aromatic N) is 3. The number of aliphatic hydroxyl groups excluding tert-OH is 1. The Bertz CT molecular complexity index is 620. The molecule has 0 fully saturated rings. The van der Waals surface area contributed by atoms with Crippen LogP contribution >= 0.6 is 0 Å². The maximum Gasteiger partial charge on any atom is 0.0793 e. The minimum absolute atomic E-state index is 0.400. The van der Waals surface area contributed by atoms with Crippen LogP contribution in [0.15, 0.2) is 30.6 Å². The van der Waals surface area contributed by atoms with Crippen molar-refractivity contribution in [2.24, 2.45) is 7.05 Å². The first-order chi connectivity index (χ1) is 10.1. The van der Waals surface area contributed by atoms with Crippen molar-refractivity contribution in [2.75, 3.05) is 18.5 Å². The molecule has 1 aromatic carbocycles. The lowest BCUT2D eigenvalue weighted by Crippen LogP contribution is -2.24. The smallest absolute Gasteiger partial charge is 0.0793 e. The first-order valence-corrected chi connectivity index (χ1v) is 7.63. The molecule has 0 radical (unpaired) electrons. The third-order valence-electron chi connectivity index (χ3n) is 4.30. The molecule has 0 aliphatic carbocycles. The summed E-state index contributed by atoms with van der Waals surface area (Å²) >= 11 is 0. The monoisotopic (exact) mass is 285 g/mol. The summed E-state index contributed by atoms with van der Waals surface area (Å²) in [7, 11) is 4.05. The third-order valence-corrected chi connectivity index (χ3v) is 4.30. The molecule has 0 saturated carbocycles. The van der Waals surface area contributed by atoms with Crippen LogP contribution < -0.4 is 4.90 Å². The van der Waals surface area contributed by atoms with Crippen LogP contribution in [-0.2, 0) is 19.9 Å². The topological polar surface area (TPSA) is 41.3 Å². The maximum absolute atomic E-state index is 10.4. The van der Waals surface area contributed by atoms with E-state index in [2.05, 4.69) is 35.2 Å². The van der Waals surface area contributed by atoms with E-state index in [4.69, 9.17) is 0 Å². The Balaban J connectivity index is 1.68. The highest BCUT2D eigenvalue weighted by atomic mass is 16.3. The molecule has 1 aliphatic rings. The summed E-state index contributed by atoms with van der Waals surface area (Å²) in [6, 6.07) is 6.39. The number of aryl methyl sites for hydroxylation is 3. The van der Waals surface area contributed by atoms with Crippen molar-refractivity contribution < 1.29 is 5.11 Å². The predicted octanol–water partition coefficient (Wildman–Crippen LogP) is 2.47. The number of anilines is 1. The molecular formula is C17H23N3O.